The predicted octanol–water partition coefficient (Wildman–Crippen LogP) is 3.23. The third-order valence-corrected chi connectivity index (χ3v) is 4.28. The molecule has 0 spiro atoms. The number of para-hydroxylation sites is 1. The Labute approximate surface area is 116 Å². The zero-order chi connectivity index (χ0) is 14.0. The fourth-order valence-electron chi connectivity index (χ4n) is 3.43. The lowest BCUT2D eigenvalue weighted by atomic mass is 9.79. The van der Waals surface area contributed by atoms with Crippen LogP contribution in [-0.2, 0) is 0 Å². The van der Waals surface area contributed by atoms with E-state index in [4.69, 9.17) is 11.1 Å². The van der Waals surface area contributed by atoms with E-state index in [0.29, 0.717) is 6.04 Å². The van der Waals surface area contributed by atoms with Gasteiger partial charge in [0.2, 0.25) is 0 Å². The van der Waals surface area contributed by atoms with Gasteiger partial charge in [-0.05, 0) is 43.2 Å². The molecule has 3 nitrogen and oxygen atoms in total. The quantitative estimate of drug-likeness (QED) is 0.647. The number of amidine groups is 1. The summed E-state index contributed by atoms with van der Waals surface area (Å²) >= 11 is 0. The number of rotatable bonds is 3. The smallest absolute Gasteiger partial charge is 0.124 e. The van der Waals surface area contributed by atoms with Crippen molar-refractivity contribution in [1.82, 2.24) is 0 Å². The van der Waals surface area contributed by atoms with Crippen molar-refractivity contribution < 1.29 is 0 Å². The molecule has 1 aliphatic carbocycles. The molecule has 0 saturated heterocycles. The van der Waals surface area contributed by atoms with Crippen molar-refractivity contribution in [1.29, 1.82) is 5.41 Å². The van der Waals surface area contributed by atoms with Crippen LogP contribution in [0.15, 0.2) is 24.3 Å². The summed E-state index contributed by atoms with van der Waals surface area (Å²) in [5, 5.41) is 7.71. The first kappa shape index (κ1) is 13.9. The summed E-state index contributed by atoms with van der Waals surface area (Å²) in [6.45, 7) is 4.68. The van der Waals surface area contributed by atoms with Crippen LogP contribution in [0, 0.1) is 17.2 Å². The van der Waals surface area contributed by atoms with Gasteiger partial charge in [-0.15, -0.1) is 0 Å². The predicted molar refractivity (Wildman–Crippen MR) is 81.8 cm³/mol. The summed E-state index contributed by atoms with van der Waals surface area (Å²) in [6, 6.07) is 8.53. The van der Waals surface area contributed by atoms with Gasteiger partial charge in [0.15, 0.2) is 0 Å². The number of nitrogen functional groups attached to an aromatic ring is 1. The highest BCUT2D eigenvalue weighted by Crippen LogP contribution is 2.33. The summed E-state index contributed by atoms with van der Waals surface area (Å²) < 4.78 is 0. The normalized spacial score (nSPS) is 27.0. The minimum absolute atomic E-state index is 0.152. The topological polar surface area (TPSA) is 53.1 Å². The number of hydrogen-bond acceptors (Lipinski definition) is 2. The van der Waals surface area contributed by atoms with Gasteiger partial charge in [0.1, 0.15) is 5.84 Å². The maximum Gasteiger partial charge on any atom is 0.124 e. The summed E-state index contributed by atoms with van der Waals surface area (Å²) in [5.74, 6) is 1.71. The Bertz CT molecular complexity index is 445. The minimum Gasteiger partial charge on any atom is -0.384 e. The lowest BCUT2D eigenvalue weighted by molar-refractivity contribution is 0.264. The van der Waals surface area contributed by atoms with E-state index in [-0.39, 0.29) is 5.84 Å². The third kappa shape index (κ3) is 3.09. The fraction of sp³-hybridized carbons (Fsp3) is 0.562. The standard InChI is InChI=1S/C16H25N3/c1-11-8-12(2)10-13(9-11)19(3)15-7-5-4-6-14(15)16(17)18/h4-7,11-13H,8-10H2,1-3H3,(H3,17,18). The summed E-state index contributed by atoms with van der Waals surface area (Å²) in [4.78, 5) is 2.32. The maximum atomic E-state index is 7.71. The Morgan fingerprint density at radius 2 is 1.74 bits per heavy atom. The number of nitrogens with zero attached hydrogens (tertiary/aromatic N) is 1. The molecule has 1 saturated carbocycles. The lowest BCUT2D eigenvalue weighted by Crippen LogP contribution is -2.39. The van der Waals surface area contributed by atoms with Gasteiger partial charge in [-0.1, -0.05) is 26.0 Å². The average Bonchev–Trinajstić information content (AvgIpc) is 2.36. The minimum atomic E-state index is 0.152. The number of hydrogen-bond donors (Lipinski definition) is 2. The van der Waals surface area contributed by atoms with Crippen molar-refractivity contribution in [3.8, 4) is 0 Å². The SMILES string of the molecule is CC1CC(C)CC(N(C)c2ccccc2C(=N)N)C1. The second-order valence-electron chi connectivity index (χ2n) is 6.11. The number of nitrogens with two attached hydrogens (primary N) is 1. The molecule has 104 valence electrons. The van der Waals surface area contributed by atoms with E-state index in [1.807, 2.05) is 18.2 Å². The average molecular weight is 259 g/mol. The molecule has 0 aromatic heterocycles. The Kier molecular flexibility index (Phi) is 4.13. The van der Waals surface area contributed by atoms with Crippen molar-refractivity contribution >= 4 is 11.5 Å². The largest absolute Gasteiger partial charge is 0.384 e. The Morgan fingerprint density at radius 1 is 1.16 bits per heavy atom. The summed E-state index contributed by atoms with van der Waals surface area (Å²) in [5.41, 5.74) is 7.62. The van der Waals surface area contributed by atoms with Gasteiger partial charge in [-0.25, -0.2) is 0 Å². The van der Waals surface area contributed by atoms with Crippen LogP contribution in [-0.4, -0.2) is 18.9 Å². The van der Waals surface area contributed by atoms with E-state index in [1.165, 1.54) is 19.3 Å². The molecule has 0 radical (unpaired) electrons. The van der Waals surface area contributed by atoms with Gasteiger partial charge in [0.25, 0.3) is 0 Å². The van der Waals surface area contributed by atoms with Crippen LogP contribution in [0.25, 0.3) is 0 Å². The molecule has 19 heavy (non-hydrogen) atoms. The van der Waals surface area contributed by atoms with Gasteiger partial charge in [-0.3, -0.25) is 5.41 Å². The van der Waals surface area contributed by atoms with Gasteiger partial charge in [0, 0.05) is 24.3 Å². The molecule has 2 atom stereocenters. The molecular weight excluding hydrogens is 234 g/mol. The third-order valence-electron chi connectivity index (χ3n) is 4.28. The zero-order valence-corrected chi connectivity index (χ0v) is 12.2. The molecule has 1 fully saturated rings. The second kappa shape index (κ2) is 5.64. The van der Waals surface area contributed by atoms with Crippen LogP contribution in [0.4, 0.5) is 5.69 Å². The number of anilines is 1. The van der Waals surface area contributed by atoms with Crippen LogP contribution in [0.1, 0.15) is 38.7 Å². The van der Waals surface area contributed by atoms with Crippen molar-refractivity contribution in [3.63, 3.8) is 0 Å². The molecule has 1 aliphatic rings. The molecular formula is C16H25N3. The van der Waals surface area contributed by atoms with Gasteiger partial charge in [0.05, 0.1) is 0 Å². The molecule has 3 N–H and O–H groups in total. The van der Waals surface area contributed by atoms with Crippen molar-refractivity contribution in [2.75, 3.05) is 11.9 Å². The van der Waals surface area contributed by atoms with Crippen molar-refractivity contribution in [3.05, 3.63) is 29.8 Å². The molecule has 0 bridgehead atoms. The highest BCUT2D eigenvalue weighted by atomic mass is 15.1. The first-order valence-electron chi connectivity index (χ1n) is 7.15. The summed E-state index contributed by atoms with van der Waals surface area (Å²) in [7, 11) is 2.14. The van der Waals surface area contributed by atoms with Gasteiger partial charge >= 0.3 is 0 Å². The van der Waals surface area contributed by atoms with Crippen LogP contribution < -0.4 is 10.6 Å². The second-order valence-corrected chi connectivity index (χ2v) is 6.11. The Morgan fingerprint density at radius 3 is 2.32 bits per heavy atom. The lowest BCUT2D eigenvalue weighted by Gasteiger charge is -2.39. The van der Waals surface area contributed by atoms with Crippen LogP contribution in [0.3, 0.4) is 0 Å². The molecule has 1 aromatic carbocycles. The maximum absolute atomic E-state index is 7.71. The van der Waals surface area contributed by atoms with E-state index in [0.717, 1.165) is 23.1 Å². The first-order valence-corrected chi connectivity index (χ1v) is 7.15. The van der Waals surface area contributed by atoms with Crippen LogP contribution in [0.5, 0.6) is 0 Å². The zero-order valence-electron chi connectivity index (χ0n) is 12.2. The molecule has 3 heteroatoms. The van der Waals surface area contributed by atoms with E-state index in [2.05, 4.69) is 31.9 Å². The molecule has 2 unspecified atom stereocenters. The molecule has 2 rings (SSSR count). The first-order chi connectivity index (χ1) is 8.99. The van der Waals surface area contributed by atoms with Crippen LogP contribution >= 0.6 is 0 Å². The monoisotopic (exact) mass is 259 g/mol. The molecule has 0 aliphatic heterocycles. The van der Waals surface area contributed by atoms with E-state index in [9.17, 15) is 0 Å². The van der Waals surface area contributed by atoms with Crippen LogP contribution in [0.2, 0.25) is 0 Å². The van der Waals surface area contributed by atoms with E-state index >= 15 is 0 Å². The molecule has 1 aromatic rings. The highest BCUT2D eigenvalue weighted by Gasteiger charge is 2.27. The fourth-order valence-corrected chi connectivity index (χ4v) is 3.43. The van der Waals surface area contributed by atoms with Gasteiger partial charge in [-0.2, -0.15) is 0 Å². The molecule has 0 amide bonds. The number of benzene rings is 1. The van der Waals surface area contributed by atoms with Crippen molar-refractivity contribution in [2.45, 2.75) is 39.2 Å². The Balaban J connectivity index is 2.24. The van der Waals surface area contributed by atoms with E-state index in [1.54, 1.807) is 0 Å². The van der Waals surface area contributed by atoms with E-state index < -0.39 is 0 Å². The highest BCUT2D eigenvalue weighted by molar-refractivity contribution is 6.00. The number of nitrogens with one attached hydrogen (secondary N) is 1. The Hall–Kier alpha value is -1.51. The van der Waals surface area contributed by atoms with Gasteiger partial charge < -0.3 is 10.6 Å². The molecule has 0 heterocycles. The van der Waals surface area contributed by atoms with Crippen molar-refractivity contribution in [2.24, 2.45) is 17.6 Å². The summed E-state index contributed by atoms with van der Waals surface area (Å²) in [6.07, 6.45) is 3.79.